The second-order valence-electron chi connectivity index (χ2n) is 13.5. The van der Waals surface area contributed by atoms with Crippen LogP contribution in [-0.4, -0.2) is 72.8 Å². The Morgan fingerprint density at radius 3 is 2.44 bits per heavy atom. The van der Waals surface area contributed by atoms with Gasteiger partial charge >= 0.3 is 12.1 Å². The molecule has 1 saturated carbocycles. The zero-order valence-corrected chi connectivity index (χ0v) is 28.1. The highest BCUT2D eigenvalue weighted by atomic mass is 16.6. The fraction of sp³-hybridized carbons (Fsp3) is 0.583. The molecule has 3 aliphatic rings. The molecule has 2 aliphatic heterocycles. The molecule has 9 nitrogen and oxygen atoms in total. The minimum atomic E-state index is -0.946. The first kappa shape index (κ1) is 34.1. The van der Waals surface area contributed by atoms with Crippen LogP contribution in [0.4, 0.5) is 4.79 Å². The molecule has 246 valence electrons. The monoisotopic (exact) mass is 622 g/mol. The molecule has 2 heterocycles. The van der Waals surface area contributed by atoms with Gasteiger partial charge in [0.15, 0.2) is 11.5 Å². The van der Waals surface area contributed by atoms with Gasteiger partial charge in [-0.15, -0.1) is 0 Å². The molecule has 0 saturated heterocycles. The largest absolute Gasteiger partial charge is 0.493 e. The van der Waals surface area contributed by atoms with Crippen LogP contribution in [0.1, 0.15) is 71.4 Å². The van der Waals surface area contributed by atoms with Crippen molar-refractivity contribution in [3.63, 3.8) is 0 Å². The number of likely N-dealkylation sites (N-methyl/N-ethyl adjacent to an activating group) is 2. The third-order valence-electron chi connectivity index (χ3n) is 9.40. The van der Waals surface area contributed by atoms with Crippen LogP contribution in [0.5, 0.6) is 11.5 Å². The number of rotatable bonds is 6. The van der Waals surface area contributed by atoms with Gasteiger partial charge in [-0.05, 0) is 87.5 Å². The Balaban J connectivity index is 1.76. The number of nitrogens with zero attached hydrogens (tertiary/aromatic N) is 2. The summed E-state index contributed by atoms with van der Waals surface area (Å²) in [5.74, 6) is 1.04. The number of carbonyl (C=O) groups excluding carboxylic acids is 3. The van der Waals surface area contributed by atoms with Gasteiger partial charge in [0.1, 0.15) is 30.4 Å². The van der Waals surface area contributed by atoms with E-state index in [9.17, 15) is 14.4 Å². The SMILES string of the molecule is CCC1C2CCC(CC(N(C)C(=O)OC(C)(C)C)C(=O)N(C)C(C(=O)OCc3ccccc3)Cc3ccc(OC)c(c3)O2)C1C. The van der Waals surface area contributed by atoms with Crippen LogP contribution in [-0.2, 0) is 32.1 Å². The van der Waals surface area contributed by atoms with Crippen molar-refractivity contribution in [1.29, 1.82) is 0 Å². The molecule has 6 unspecified atom stereocenters. The molecule has 2 aromatic carbocycles. The summed E-state index contributed by atoms with van der Waals surface area (Å²) in [5, 5.41) is 0. The minimum absolute atomic E-state index is 0.0274. The smallest absolute Gasteiger partial charge is 0.410 e. The van der Waals surface area contributed by atoms with E-state index in [4.69, 9.17) is 18.9 Å². The number of carbonyl (C=O) groups is 3. The molecule has 0 radical (unpaired) electrons. The zero-order chi connectivity index (χ0) is 32.9. The van der Waals surface area contributed by atoms with Crippen molar-refractivity contribution in [1.82, 2.24) is 9.80 Å². The van der Waals surface area contributed by atoms with Gasteiger partial charge in [-0.25, -0.2) is 9.59 Å². The van der Waals surface area contributed by atoms with Crippen molar-refractivity contribution in [2.45, 2.75) is 97.1 Å². The highest BCUT2D eigenvalue weighted by Gasteiger charge is 2.43. The van der Waals surface area contributed by atoms with Crippen LogP contribution in [0.2, 0.25) is 0 Å². The summed E-state index contributed by atoms with van der Waals surface area (Å²) in [6.07, 6.45) is 2.62. The van der Waals surface area contributed by atoms with Gasteiger partial charge in [0.05, 0.1) is 7.11 Å². The summed E-state index contributed by atoms with van der Waals surface area (Å²) in [5.41, 5.74) is 0.920. The maximum atomic E-state index is 14.5. The van der Waals surface area contributed by atoms with Crippen molar-refractivity contribution in [3.8, 4) is 11.5 Å². The number of hydrogen-bond donors (Lipinski definition) is 0. The summed E-state index contributed by atoms with van der Waals surface area (Å²) in [6.45, 7) is 9.88. The van der Waals surface area contributed by atoms with Crippen LogP contribution in [0, 0.1) is 17.8 Å². The van der Waals surface area contributed by atoms with E-state index in [2.05, 4.69) is 13.8 Å². The summed E-state index contributed by atoms with van der Waals surface area (Å²) >= 11 is 0. The quantitative estimate of drug-likeness (QED) is 0.351. The molecule has 4 bridgehead atoms. The van der Waals surface area contributed by atoms with E-state index in [-0.39, 0.29) is 42.8 Å². The first-order valence-electron chi connectivity index (χ1n) is 16.1. The Hall–Kier alpha value is -3.75. The van der Waals surface area contributed by atoms with Gasteiger partial charge in [-0.2, -0.15) is 0 Å². The van der Waals surface area contributed by atoms with Crippen molar-refractivity contribution in [3.05, 3.63) is 59.7 Å². The van der Waals surface area contributed by atoms with Crippen molar-refractivity contribution < 1.29 is 33.3 Å². The molecule has 9 heteroatoms. The Kier molecular flexibility index (Phi) is 11.0. The molecule has 0 N–H and O–H groups in total. The first-order chi connectivity index (χ1) is 21.3. The second-order valence-corrected chi connectivity index (χ2v) is 13.5. The van der Waals surface area contributed by atoms with Crippen molar-refractivity contribution >= 4 is 18.0 Å². The average Bonchev–Trinajstić information content (AvgIpc) is 3.00. The van der Waals surface area contributed by atoms with E-state index < -0.39 is 29.7 Å². The number of esters is 1. The predicted octanol–water partition coefficient (Wildman–Crippen LogP) is 6.27. The number of fused-ring (bicyclic) bond motifs is 7. The van der Waals surface area contributed by atoms with E-state index in [0.717, 1.165) is 30.4 Å². The van der Waals surface area contributed by atoms with Crippen LogP contribution in [0.25, 0.3) is 0 Å². The Morgan fingerprint density at radius 1 is 1.09 bits per heavy atom. The van der Waals surface area contributed by atoms with E-state index >= 15 is 0 Å². The summed E-state index contributed by atoms with van der Waals surface area (Å²) in [4.78, 5) is 44.5. The lowest BCUT2D eigenvalue weighted by Crippen LogP contribution is -2.55. The van der Waals surface area contributed by atoms with E-state index in [1.807, 2.05) is 48.5 Å². The Bertz CT molecular complexity index is 1320. The Labute approximate surface area is 268 Å². The third-order valence-corrected chi connectivity index (χ3v) is 9.40. The van der Waals surface area contributed by atoms with E-state index in [1.54, 1.807) is 42.0 Å². The fourth-order valence-electron chi connectivity index (χ4n) is 6.75. The van der Waals surface area contributed by atoms with Crippen LogP contribution in [0.15, 0.2) is 48.5 Å². The molecular formula is C36H50N2O7. The normalized spacial score (nSPS) is 25.5. The summed E-state index contributed by atoms with van der Waals surface area (Å²) in [7, 11) is 4.85. The first-order valence-corrected chi connectivity index (χ1v) is 16.1. The standard InChI is InChI=1S/C36H50N2O7/c1-9-27-23(2)26-16-18-30(27)44-32-20-25(15-17-31(32)42-8)19-29(34(40)43-22-24-13-11-10-12-14-24)37(6)33(39)28(21-26)38(7)35(41)45-36(3,4)5/h10-15,17,20,23,26-30H,9,16,18-19,21-22H2,1-8H3. The zero-order valence-electron chi connectivity index (χ0n) is 28.1. The van der Waals surface area contributed by atoms with E-state index in [0.29, 0.717) is 17.9 Å². The predicted molar refractivity (Wildman–Crippen MR) is 172 cm³/mol. The molecular weight excluding hydrogens is 572 g/mol. The number of hydrogen-bond acceptors (Lipinski definition) is 7. The van der Waals surface area contributed by atoms with Gasteiger partial charge in [0.25, 0.3) is 0 Å². The van der Waals surface area contributed by atoms with Gasteiger partial charge in [0.2, 0.25) is 5.91 Å². The maximum Gasteiger partial charge on any atom is 0.410 e. The topological polar surface area (TPSA) is 94.6 Å². The maximum absolute atomic E-state index is 14.5. The Morgan fingerprint density at radius 2 is 1.80 bits per heavy atom. The van der Waals surface area contributed by atoms with Gasteiger partial charge in [0, 0.05) is 20.5 Å². The number of amides is 2. The second kappa shape index (κ2) is 14.6. The number of methoxy groups -OCH3 is 1. The van der Waals surface area contributed by atoms with Crippen molar-refractivity contribution in [2.24, 2.45) is 17.8 Å². The average molecular weight is 623 g/mol. The van der Waals surface area contributed by atoms with Gasteiger partial charge in [-0.3, -0.25) is 9.69 Å². The van der Waals surface area contributed by atoms with Crippen LogP contribution < -0.4 is 9.47 Å². The highest BCUT2D eigenvalue weighted by molar-refractivity contribution is 5.89. The molecule has 2 amide bonds. The van der Waals surface area contributed by atoms with Gasteiger partial charge in [-0.1, -0.05) is 50.2 Å². The van der Waals surface area contributed by atoms with Gasteiger partial charge < -0.3 is 23.8 Å². The third kappa shape index (κ3) is 8.30. The van der Waals surface area contributed by atoms with E-state index in [1.165, 1.54) is 9.80 Å². The highest BCUT2D eigenvalue weighted by Crippen LogP contribution is 2.43. The van der Waals surface area contributed by atoms with Crippen LogP contribution in [0.3, 0.4) is 0 Å². The summed E-state index contributed by atoms with van der Waals surface area (Å²) < 4.78 is 23.8. The molecule has 1 fully saturated rings. The molecule has 45 heavy (non-hydrogen) atoms. The lowest BCUT2D eigenvalue weighted by molar-refractivity contribution is -0.157. The molecule has 0 aromatic heterocycles. The summed E-state index contributed by atoms with van der Waals surface area (Å²) in [6, 6.07) is 13.3. The van der Waals surface area contributed by atoms with Crippen molar-refractivity contribution in [2.75, 3.05) is 21.2 Å². The molecule has 5 rings (SSSR count). The lowest BCUT2D eigenvalue weighted by Gasteiger charge is -2.44. The number of benzene rings is 2. The van der Waals surface area contributed by atoms with Crippen LogP contribution >= 0.6 is 0 Å². The molecule has 2 aromatic rings. The minimum Gasteiger partial charge on any atom is -0.493 e. The lowest BCUT2D eigenvalue weighted by atomic mass is 9.68. The molecule has 0 spiro atoms. The molecule has 6 atom stereocenters. The number of ether oxygens (including phenoxy) is 4. The molecule has 1 aliphatic carbocycles. The fourth-order valence-corrected chi connectivity index (χ4v) is 6.75.